The Bertz CT molecular complexity index is 636. The Hall–Kier alpha value is -1.29. The van der Waals surface area contributed by atoms with E-state index in [1.807, 2.05) is 0 Å². The Morgan fingerprint density at radius 2 is 1.88 bits per heavy atom. The second-order valence-corrected chi connectivity index (χ2v) is 8.76. The maximum atomic E-state index is 12.8. The van der Waals surface area contributed by atoms with Crippen molar-refractivity contribution in [2.75, 3.05) is 26.2 Å². The molecule has 4 fully saturated rings. The molecular formula is C20H28N2O2. The third kappa shape index (κ3) is 2.50. The number of hydrogen-bond donors (Lipinski definition) is 1. The molecule has 2 aliphatic carbocycles. The molecule has 0 radical (unpaired) electrons. The minimum atomic E-state index is 0.177. The lowest BCUT2D eigenvalue weighted by molar-refractivity contribution is -0.134. The first-order valence-corrected chi connectivity index (χ1v) is 9.74. The van der Waals surface area contributed by atoms with Crippen molar-refractivity contribution in [3.63, 3.8) is 0 Å². The van der Waals surface area contributed by atoms with Crippen molar-refractivity contribution in [1.29, 1.82) is 0 Å². The lowest BCUT2D eigenvalue weighted by atomic mass is 9.78. The zero-order chi connectivity index (χ0) is 16.3. The molecule has 1 N–H and O–H groups in total. The molecule has 0 aromatic carbocycles. The molecule has 3 heterocycles. The van der Waals surface area contributed by atoms with Gasteiger partial charge in [0.05, 0.1) is 0 Å². The van der Waals surface area contributed by atoms with E-state index in [2.05, 4.69) is 29.3 Å². The van der Waals surface area contributed by atoms with Gasteiger partial charge in [0.1, 0.15) is 11.5 Å². The molecule has 5 rings (SSSR count). The molecule has 1 spiro atoms. The highest BCUT2D eigenvalue weighted by molar-refractivity contribution is 5.83. The fraction of sp³-hybridized carbons (Fsp3) is 0.750. The Kier molecular flexibility index (Phi) is 3.35. The van der Waals surface area contributed by atoms with Crippen LogP contribution >= 0.6 is 0 Å². The Labute approximate surface area is 144 Å². The summed E-state index contributed by atoms with van der Waals surface area (Å²) in [6.45, 7) is 6.48. The highest BCUT2D eigenvalue weighted by Crippen LogP contribution is 2.52. The minimum absolute atomic E-state index is 0.177. The van der Waals surface area contributed by atoms with Crippen molar-refractivity contribution in [2.24, 2.45) is 17.3 Å². The van der Waals surface area contributed by atoms with Gasteiger partial charge in [-0.2, -0.15) is 0 Å². The monoisotopic (exact) mass is 328 g/mol. The molecular weight excluding hydrogens is 300 g/mol. The van der Waals surface area contributed by atoms with E-state index >= 15 is 0 Å². The first-order chi connectivity index (χ1) is 11.7. The standard InChI is InChI=1S/C20H28N2O2/c1-13-10-14(13)17-2-3-18(24-17)15-11-16(15)19(23)22-8-5-20(6-9-22)4-7-21-12-20/h2-3,13-16,21H,4-12H2,1H3. The zero-order valence-electron chi connectivity index (χ0n) is 14.6. The summed E-state index contributed by atoms with van der Waals surface area (Å²) in [4.78, 5) is 14.9. The summed E-state index contributed by atoms with van der Waals surface area (Å²) in [6, 6.07) is 4.26. The van der Waals surface area contributed by atoms with E-state index in [4.69, 9.17) is 4.42 Å². The topological polar surface area (TPSA) is 45.5 Å². The van der Waals surface area contributed by atoms with Gasteiger partial charge in [-0.25, -0.2) is 0 Å². The van der Waals surface area contributed by atoms with E-state index in [0.717, 1.165) is 50.0 Å². The Morgan fingerprint density at radius 3 is 2.50 bits per heavy atom. The van der Waals surface area contributed by atoms with Crippen LogP contribution in [-0.4, -0.2) is 37.0 Å². The molecule has 2 aliphatic heterocycles. The summed E-state index contributed by atoms with van der Waals surface area (Å²) >= 11 is 0. The van der Waals surface area contributed by atoms with Crippen molar-refractivity contribution < 1.29 is 9.21 Å². The van der Waals surface area contributed by atoms with Crippen LogP contribution < -0.4 is 5.32 Å². The number of carbonyl (C=O) groups excluding carboxylic acids is 1. The van der Waals surface area contributed by atoms with Crippen LogP contribution in [0.5, 0.6) is 0 Å². The molecule has 4 unspecified atom stereocenters. The molecule has 1 amide bonds. The summed E-state index contributed by atoms with van der Waals surface area (Å²) in [5.74, 6) is 4.48. The molecule has 0 bridgehead atoms. The second-order valence-electron chi connectivity index (χ2n) is 8.76. The van der Waals surface area contributed by atoms with Gasteiger partial charge >= 0.3 is 0 Å². The van der Waals surface area contributed by atoms with Gasteiger partial charge in [0.15, 0.2) is 0 Å². The average molecular weight is 328 g/mol. The summed E-state index contributed by atoms with van der Waals surface area (Å²) in [5.41, 5.74) is 0.483. The molecule has 1 aromatic rings. The van der Waals surface area contributed by atoms with Gasteiger partial charge in [0.2, 0.25) is 5.91 Å². The lowest BCUT2D eigenvalue weighted by Gasteiger charge is -2.39. The SMILES string of the molecule is CC1CC1c1ccc(C2CC2C(=O)N2CCC3(CCNC3)CC2)o1. The fourth-order valence-corrected chi connectivity index (χ4v) is 4.93. The first-order valence-electron chi connectivity index (χ1n) is 9.74. The largest absolute Gasteiger partial charge is 0.465 e. The predicted molar refractivity (Wildman–Crippen MR) is 91.8 cm³/mol. The Morgan fingerprint density at radius 1 is 1.17 bits per heavy atom. The van der Waals surface area contributed by atoms with Crippen molar-refractivity contribution >= 4 is 5.91 Å². The molecule has 4 heteroatoms. The van der Waals surface area contributed by atoms with Crippen molar-refractivity contribution in [3.05, 3.63) is 23.7 Å². The number of amides is 1. The average Bonchev–Trinajstić information content (AvgIpc) is 3.43. The highest BCUT2D eigenvalue weighted by atomic mass is 16.3. The van der Waals surface area contributed by atoms with E-state index in [1.54, 1.807) is 0 Å². The number of hydrogen-bond acceptors (Lipinski definition) is 3. The van der Waals surface area contributed by atoms with Crippen LogP contribution in [0.4, 0.5) is 0 Å². The summed E-state index contributed by atoms with van der Waals surface area (Å²) in [7, 11) is 0. The number of piperidine rings is 1. The van der Waals surface area contributed by atoms with Crippen LogP contribution in [0.25, 0.3) is 0 Å². The van der Waals surface area contributed by atoms with Crippen LogP contribution in [0.3, 0.4) is 0 Å². The third-order valence-corrected chi connectivity index (χ3v) is 7.06. The molecule has 4 nitrogen and oxygen atoms in total. The molecule has 130 valence electrons. The van der Waals surface area contributed by atoms with Crippen LogP contribution in [0.15, 0.2) is 16.5 Å². The van der Waals surface area contributed by atoms with E-state index in [-0.39, 0.29) is 5.92 Å². The van der Waals surface area contributed by atoms with Gasteiger partial charge in [-0.1, -0.05) is 6.92 Å². The van der Waals surface area contributed by atoms with Gasteiger partial charge in [-0.3, -0.25) is 4.79 Å². The number of furan rings is 1. The van der Waals surface area contributed by atoms with Crippen LogP contribution in [0.1, 0.15) is 62.4 Å². The quantitative estimate of drug-likeness (QED) is 0.927. The molecule has 2 saturated heterocycles. The summed E-state index contributed by atoms with van der Waals surface area (Å²) in [5, 5.41) is 3.49. The number of likely N-dealkylation sites (tertiary alicyclic amines) is 1. The minimum Gasteiger partial charge on any atom is -0.465 e. The van der Waals surface area contributed by atoms with E-state index < -0.39 is 0 Å². The van der Waals surface area contributed by atoms with Crippen molar-refractivity contribution in [2.45, 2.75) is 50.9 Å². The van der Waals surface area contributed by atoms with Crippen LogP contribution in [0.2, 0.25) is 0 Å². The molecule has 1 aromatic heterocycles. The van der Waals surface area contributed by atoms with Gasteiger partial charge in [-0.15, -0.1) is 0 Å². The number of nitrogens with one attached hydrogen (secondary N) is 1. The molecule has 4 atom stereocenters. The number of carbonyl (C=O) groups is 1. The van der Waals surface area contributed by atoms with Gasteiger partial charge in [0.25, 0.3) is 0 Å². The van der Waals surface area contributed by atoms with Crippen molar-refractivity contribution in [3.8, 4) is 0 Å². The smallest absolute Gasteiger partial charge is 0.226 e. The van der Waals surface area contributed by atoms with Crippen LogP contribution in [0, 0.1) is 17.3 Å². The van der Waals surface area contributed by atoms with Crippen molar-refractivity contribution in [1.82, 2.24) is 10.2 Å². The molecule has 4 aliphatic rings. The van der Waals surface area contributed by atoms with E-state index in [9.17, 15) is 4.79 Å². The number of nitrogens with zero attached hydrogens (tertiary/aromatic N) is 1. The third-order valence-electron chi connectivity index (χ3n) is 7.06. The van der Waals surface area contributed by atoms with Gasteiger partial charge in [0, 0.05) is 37.4 Å². The summed E-state index contributed by atoms with van der Waals surface area (Å²) < 4.78 is 6.07. The normalized spacial score (nSPS) is 37.0. The predicted octanol–water partition coefficient (Wildman–Crippen LogP) is 3.11. The fourth-order valence-electron chi connectivity index (χ4n) is 4.93. The Balaban J connectivity index is 1.18. The lowest BCUT2D eigenvalue weighted by Crippen LogP contribution is -2.44. The van der Waals surface area contributed by atoms with Crippen LogP contribution in [-0.2, 0) is 4.79 Å². The van der Waals surface area contributed by atoms with E-state index in [0.29, 0.717) is 23.2 Å². The highest BCUT2D eigenvalue weighted by Gasteiger charge is 2.49. The second kappa shape index (κ2) is 5.35. The maximum absolute atomic E-state index is 12.8. The maximum Gasteiger partial charge on any atom is 0.226 e. The summed E-state index contributed by atoms with van der Waals surface area (Å²) in [6.07, 6.45) is 5.87. The molecule has 24 heavy (non-hydrogen) atoms. The zero-order valence-corrected chi connectivity index (χ0v) is 14.6. The number of rotatable bonds is 3. The van der Waals surface area contributed by atoms with Gasteiger partial charge in [-0.05, 0) is 62.1 Å². The first kappa shape index (κ1) is 15.0. The van der Waals surface area contributed by atoms with Gasteiger partial charge < -0.3 is 14.6 Å². The molecule has 2 saturated carbocycles. The van der Waals surface area contributed by atoms with E-state index in [1.165, 1.54) is 25.7 Å².